The summed E-state index contributed by atoms with van der Waals surface area (Å²) >= 11 is 0. The number of aromatic nitrogens is 6. The van der Waals surface area contributed by atoms with E-state index in [1.165, 1.54) is 11.9 Å². The van der Waals surface area contributed by atoms with Gasteiger partial charge < -0.3 is 15.3 Å². The highest BCUT2D eigenvalue weighted by Gasteiger charge is 2.25. The van der Waals surface area contributed by atoms with Crippen molar-refractivity contribution in [2.45, 2.75) is 58.4 Å². The van der Waals surface area contributed by atoms with Gasteiger partial charge in [-0.2, -0.15) is 5.10 Å². The molecule has 0 saturated carbocycles. The van der Waals surface area contributed by atoms with Gasteiger partial charge in [-0.05, 0) is 76.3 Å². The lowest BCUT2D eigenvalue weighted by Crippen LogP contribution is -2.41. The highest BCUT2D eigenvalue weighted by Crippen LogP contribution is 2.21. The van der Waals surface area contributed by atoms with Crippen molar-refractivity contribution in [1.29, 1.82) is 0 Å². The molecule has 0 saturated heterocycles. The van der Waals surface area contributed by atoms with Crippen LogP contribution in [0.1, 0.15) is 49.6 Å². The normalized spacial score (nSPS) is 13.5. The minimum absolute atomic E-state index is 0.0112. The van der Waals surface area contributed by atoms with Crippen molar-refractivity contribution >= 4 is 28.5 Å². The fourth-order valence-corrected chi connectivity index (χ4v) is 5.36. The first-order chi connectivity index (χ1) is 20.9. The van der Waals surface area contributed by atoms with E-state index in [0.717, 1.165) is 72.9 Å². The summed E-state index contributed by atoms with van der Waals surface area (Å²) < 4.78 is 8.52. The molecule has 3 N–H and O–H groups in total. The number of nitrogens with one attached hydrogen (secondary N) is 2. The smallest absolute Gasteiger partial charge is 0.274 e. The Bertz CT molecular complexity index is 1520. The van der Waals surface area contributed by atoms with E-state index in [2.05, 4.69) is 42.7 Å². The summed E-state index contributed by atoms with van der Waals surface area (Å²) in [5.74, 6) is 2.17. The lowest BCUT2D eigenvalue weighted by molar-refractivity contribution is -0.894. The van der Waals surface area contributed by atoms with Crippen molar-refractivity contribution in [3.8, 4) is 5.75 Å². The molecule has 0 bridgehead atoms. The summed E-state index contributed by atoms with van der Waals surface area (Å²) in [7, 11) is 1.79. The predicted octanol–water partition coefficient (Wildman–Crippen LogP) is 3.11. The van der Waals surface area contributed by atoms with E-state index >= 15 is 0 Å². The topological polar surface area (TPSA) is 134 Å². The lowest BCUT2D eigenvalue weighted by Gasteiger charge is -2.24. The Kier molecular flexibility index (Phi) is 9.98. The number of rotatable bonds is 15. The van der Waals surface area contributed by atoms with Crippen LogP contribution in [0, 0.1) is 6.92 Å². The number of nitrogens with zero attached hydrogens (tertiary/aromatic N) is 7. The quantitative estimate of drug-likeness (QED) is 0.108. The van der Waals surface area contributed by atoms with E-state index in [9.17, 15) is 10.0 Å². The van der Waals surface area contributed by atoms with Crippen molar-refractivity contribution in [3.05, 3.63) is 59.9 Å². The molecule has 0 radical (unpaired) electrons. The summed E-state index contributed by atoms with van der Waals surface area (Å²) in [6.45, 7) is 7.28. The zero-order chi connectivity index (χ0) is 30.2. The molecule has 0 aliphatic carbocycles. The molecule has 0 aromatic carbocycles. The van der Waals surface area contributed by atoms with Gasteiger partial charge in [0.25, 0.3) is 12.1 Å². The molecule has 43 heavy (non-hydrogen) atoms. The Balaban J connectivity index is 1.19. The zero-order valence-corrected chi connectivity index (χ0v) is 25.3. The molecule has 12 heteroatoms. The molecule has 1 aliphatic rings. The average Bonchev–Trinajstić information content (AvgIpc) is 3.39. The number of carbonyl (C=O) groups is 1. The molecule has 4 aromatic rings. The van der Waals surface area contributed by atoms with Gasteiger partial charge in [-0.15, -0.1) is 0 Å². The average molecular weight is 589 g/mol. The number of hydrogen-bond acceptors (Lipinski definition) is 10. The summed E-state index contributed by atoms with van der Waals surface area (Å²) in [5, 5.41) is 22.0. The van der Waals surface area contributed by atoms with Crippen LogP contribution in [0.5, 0.6) is 5.75 Å². The van der Waals surface area contributed by atoms with E-state index in [-0.39, 0.29) is 5.78 Å². The number of unbranched alkanes of at least 4 members (excludes halogenated alkanes) is 1. The van der Waals surface area contributed by atoms with Crippen LogP contribution in [0.3, 0.4) is 0 Å². The first-order valence-electron chi connectivity index (χ1n) is 15.1. The van der Waals surface area contributed by atoms with Gasteiger partial charge in [-0.1, -0.05) is 15.8 Å². The Labute approximate surface area is 252 Å². The number of ether oxygens (including phenoxy) is 1. The second-order valence-electron chi connectivity index (χ2n) is 11.2. The lowest BCUT2D eigenvalue weighted by atomic mass is 10.1. The Morgan fingerprint density at radius 3 is 2.88 bits per heavy atom. The highest BCUT2D eigenvalue weighted by molar-refractivity contribution is 5.89. The Morgan fingerprint density at radius 1 is 1.19 bits per heavy atom. The van der Waals surface area contributed by atoms with Crippen LogP contribution in [0.4, 0.5) is 11.6 Å². The maximum absolute atomic E-state index is 12.7. The van der Waals surface area contributed by atoms with Gasteiger partial charge >= 0.3 is 0 Å². The molecule has 0 unspecified atom stereocenters. The molecule has 228 valence electrons. The number of Topliss-reactive ketones (excluding diaryl/α,β-unsaturated/α-hetero) is 1. The molecule has 4 aromatic heterocycles. The van der Waals surface area contributed by atoms with E-state index in [1.54, 1.807) is 31.0 Å². The minimum Gasteiger partial charge on any atom is -0.491 e. The summed E-state index contributed by atoms with van der Waals surface area (Å²) in [6, 6.07) is 7.73. The maximum Gasteiger partial charge on any atom is 0.274 e. The van der Waals surface area contributed by atoms with E-state index in [4.69, 9.17) is 9.72 Å². The van der Waals surface area contributed by atoms with Crippen LogP contribution in [0.15, 0.2) is 43.0 Å². The molecular formula is C31H42N9O3+. The number of pyridine rings is 2. The van der Waals surface area contributed by atoms with Gasteiger partial charge in [-0.3, -0.25) is 20.0 Å². The number of fused-ring (bicyclic) bond motifs is 2. The van der Waals surface area contributed by atoms with Gasteiger partial charge in [0.05, 0.1) is 12.4 Å². The van der Waals surface area contributed by atoms with Crippen LogP contribution >= 0.6 is 0 Å². The van der Waals surface area contributed by atoms with Gasteiger partial charge in [0.2, 0.25) is 5.65 Å². The van der Waals surface area contributed by atoms with Crippen LogP contribution in [0.25, 0.3) is 11.0 Å². The Morgan fingerprint density at radius 2 is 2.07 bits per heavy atom. The third-order valence-corrected chi connectivity index (χ3v) is 7.89. The number of ketones is 1. The van der Waals surface area contributed by atoms with Crippen LogP contribution in [0.2, 0.25) is 0 Å². The minimum atomic E-state index is -0.499. The van der Waals surface area contributed by atoms with E-state index in [0.29, 0.717) is 43.0 Å². The molecule has 1 aliphatic heterocycles. The number of anilines is 2. The van der Waals surface area contributed by atoms with E-state index in [1.807, 2.05) is 19.1 Å². The van der Waals surface area contributed by atoms with Crippen molar-refractivity contribution in [2.24, 2.45) is 7.05 Å². The van der Waals surface area contributed by atoms with Gasteiger partial charge in [0.15, 0.2) is 5.78 Å². The first kappa shape index (κ1) is 30.1. The number of aryl methyl sites for hydroxylation is 4. The zero-order valence-electron chi connectivity index (χ0n) is 25.3. The summed E-state index contributed by atoms with van der Waals surface area (Å²) in [5.41, 5.74) is 3.99. The van der Waals surface area contributed by atoms with Gasteiger partial charge in [0.1, 0.15) is 29.6 Å². The SMILES string of the molecule is CC(=O)[C@H](CCN(CCCCc1ccc2c(n1)NCCC2)CCOc1ccc(C)nc1)Nc1c2cnn(C)c2nc[n+]1O. The molecule has 0 amide bonds. The first-order valence-corrected chi connectivity index (χ1v) is 15.1. The van der Waals surface area contributed by atoms with Crippen LogP contribution in [-0.4, -0.2) is 79.5 Å². The number of hydrogen-bond donors (Lipinski definition) is 3. The summed E-state index contributed by atoms with van der Waals surface area (Å²) in [4.78, 5) is 28.4. The van der Waals surface area contributed by atoms with Crippen molar-refractivity contribution in [2.75, 3.05) is 43.4 Å². The maximum atomic E-state index is 12.7. The fraction of sp³-hybridized carbons (Fsp3) is 0.484. The standard InChI is InChI=1S/C31H41N9O3/c1-22-9-12-26(19-33-22)43-18-17-39(15-5-4-8-25-11-10-24-7-6-14-32-29(24)36-25)16-13-28(23(2)41)37-31-27-20-35-38(3)30(27)34-21-40(31)42/h9-12,19-21,28,42H,4-8,13-18H2,1-3H3,(H,32,36)/p+1/t28-/m0/s1. The summed E-state index contributed by atoms with van der Waals surface area (Å²) in [6.07, 6.45) is 10.4. The largest absolute Gasteiger partial charge is 0.491 e. The second kappa shape index (κ2) is 14.2. The molecule has 5 heterocycles. The second-order valence-corrected chi connectivity index (χ2v) is 11.2. The highest BCUT2D eigenvalue weighted by atomic mass is 16.5. The third-order valence-electron chi connectivity index (χ3n) is 7.89. The number of carbonyl (C=O) groups excluding carboxylic acids is 1. The Hall–Kier alpha value is -4.32. The van der Waals surface area contributed by atoms with Crippen molar-refractivity contribution in [1.82, 2.24) is 29.6 Å². The third kappa shape index (κ3) is 7.95. The molecular weight excluding hydrogens is 546 g/mol. The monoisotopic (exact) mass is 588 g/mol. The molecule has 0 spiro atoms. The van der Waals surface area contributed by atoms with Crippen molar-refractivity contribution in [3.63, 3.8) is 0 Å². The molecule has 12 nitrogen and oxygen atoms in total. The van der Waals surface area contributed by atoms with Gasteiger partial charge in [-0.25, -0.2) is 9.67 Å². The fourth-order valence-electron chi connectivity index (χ4n) is 5.36. The molecule has 5 rings (SSSR count). The van der Waals surface area contributed by atoms with E-state index < -0.39 is 6.04 Å². The molecule has 1 atom stereocenters. The van der Waals surface area contributed by atoms with Crippen molar-refractivity contribution < 1.29 is 19.5 Å². The predicted molar refractivity (Wildman–Crippen MR) is 163 cm³/mol. The van der Waals surface area contributed by atoms with Crippen LogP contribution in [-0.2, 0) is 24.7 Å². The van der Waals surface area contributed by atoms with Gasteiger partial charge in [0, 0.05) is 44.5 Å². The molecule has 0 fully saturated rings. The van der Waals surface area contributed by atoms with Crippen LogP contribution < -0.4 is 20.1 Å².